The lowest BCUT2D eigenvalue weighted by molar-refractivity contribution is -0.155. The molecule has 1 N–H and O–H groups in total. The Morgan fingerprint density at radius 2 is 1.93 bits per heavy atom. The van der Waals surface area contributed by atoms with Crippen LogP contribution in [0, 0.1) is 11.8 Å². The molecular weight excluding hydrogens is 194 g/mol. The van der Waals surface area contributed by atoms with Crippen LogP contribution in [0.2, 0.25) is 0 Å². The number of hydrogen-bond donors (Lipinski definition) is 1. The second-order valence-electron chi connectivity index (χ2n) is 4.53. The molecule has 4 heteroatoms. The monoisotopic (exact) mass is 213 g/mol. The van der Waals surface area contributed by atoms with E-state index in [-0.39, 0.29) is 0 Å². The Balaban J connectivity index is 2.53. The summed E-state index contributed by atoms with van der Waals surface area (Å²) in [6, 6.07) is 0. The molecule has 1 atom stereocenters. The van der Waals surface area contributed by atoms with Gasteiger partial charge in [-0.15, -0.1) is 0 Å². The number of carbonyl (C=O) groups excluding carboxylic acids is 1. The van der Waals surface area contributed by atoms with E-state index in [1.54, 1.807) is 0 Å². The van der Waals surface area contributed by atoms with Crippen molar-refractivity contribution in [3.05, 3.63) is 0 Å². The van der Waals surface area contributed by atoms with E-state index in [1.165, 1.54) is 4.90 Å². The fourth-order valence-electron chi connectivity index (χ4n) is 2.13. The Bertz CT molecular complexity index is 250. The second-order valence-corrected chi connectivity index (χ2v) is 4.53. The molecule has 0 aromatic carbocycles. The van der Waals surface area contributed by atoms with E-state index in [1.807, 2.05) is 0 Å². The zero-order valence-electron chi connectivity index (χ0n) is 9.40. The summed E-state index contributed by atoms with van der Waals surface area (Å²) in [5.41, 5.74) is 0. The van der Waals surface area contributed by atoms with E-state index in [0.717, 1.165) is 19.3 Å². The third-order valence-corrected chi connectivity index (χ3v) is 3.19. The molecule has 0 spiro atoms. The molecule has 1 saturated heterocycles. The summed E-state index contributed by atoms with van der Waals surface area (Å²) in [5, 5.41) is 8.61. The number of nitrogens with zero attached hydrogens (tertiary/aromatic N) is 1. The molecule has 1 fully saturated rings. The molecule has 86 valence electrons. The van der Waals surface area contributed by atoms with Crippen molar-refractivity contribution in [2.24, 2.45) is 11.8 Å². The molecule has 0 saturated carbocycles. The zero-order chi connectivity index (χ0) is 11.4. The maximum atomic E-state index is 11.3. The number of aliphatic carboxylic acids is 1. The van der Waals surface area contributed by atoms with Gasteiger partial charge in [0.15, 0.2) is 0 Å². The number of rotatable bonds is 1. The van der Waals surface area contributed by atoms with Gasteiger partial charge in [0, 0.05) is 13.1 Å². The maximum Gasteiger partial charge on any atom is 0.394 e. The van der Waals surface area contributed by atoms with Crippen molar-refractivity contribution in [3.63, 3.8) is 0 Å². The van der Waals surface area contributed by atoms with E-state index >= 15 is 0 Å². The van der Waals surface area contributed by atoms with Gasteiger partial charge in [0.05, 0.1) is 0 Å². The normalized spacial score (nSPS) is 22.6. The van der Waals surface area contributed by atoms with E-state index in [4.69, 9.17) is 5.11 Å². The number of carboxylic acid groups (broad SMARTS) is 1. The van der Waals surface area contributed by atoms with E-state index in [9.17, 15) is 9.59 Å². The van der Waals surface area contributed by atoms with Gasteiger partial charge in [-0.1, -0.05) is 13.8 Å². The van der Waals surface area contributed by atoms with Crippen molar-refractivity contribution in [1.29, 1.82) is 0 Å². The van der Waals surface area contributed by atoms with Crippen LogP contribution in [0.1, 0.15) is 33.1 Å². The number of carbonyl (C=O) groups is 2. The van der Waals surface area contributed by atoms with Crippen LogP contribution < -0.4 is 0 Å². The van der Waals surface area contributed by atoms with Crippen LogP contribution in [0.5, 0.6) is 0 Å². The first-order valence-electron chi connectivity index (χ1n) is 5.54. The van der Waals surface area contributed by atoms with E-state index in [2.05, 4.69) is 13.8 Å². The van der Waals surface area contributed by atoms with Gasteiger partial charge in [0.2, 0.25) is 0 Å². The number of likely N-dealkylation sites (tertiary alicyclic amines) is 1. The molecule has 4 nitrogen and oxygen atoms in total. The van der Waals surface area contributed by atoms with Gasteiger partial charge in [-0.25, -0.2) is 4.79 Å². The molecule has 1 rings (SSSR count). The molecule has 0 aliphatic carbocycles. The van der Waals surface area contributed by atoms with Gasteiger partial charge in [-0.2, -0.15) is 0 Å². The van der Waals surface area contributed by atoms with Crippen LogP contribution >= 0.6 is 0 Å². The van der Waals surface area contributed by atoms with Gasteiger partial charge in [0.1, 0.15) is 0 Å². The summed E-state index contributed by atoms with van der Waals surface area (Å²) in [5.74, 6) is -0.848. The van der Waals surface area contributed by atoms with Crippen LogP contribution in [0.25, 0.3) is 0 Å². The minimum Gasteiger partial charge on any atom is -0.474 e. The summed E-state index contributed by atoms with van der Waals surface area (Å²) < 4.78 is 0. The van der Waals surface area contributed by atoms with Gasteiger partial charge < -0.3 is 10.0 Å². The predicted octanol–water partition coefficient (Wildman–Crippen LogP) is 1.36. The minimum atomic E-state index is -1.34. The average Bonchev–Trinajstić information content (AvgIpc) is 2.41. The zero-order valence-corrected chi connectivity index (χ0v) is 9.40. The highest BCUT2D eigenvalue weighted by atomic mass is 16.4. The van der Waals surface area contributed by atoms with Crippen LogP contribution in [0.15, 0.2) is 0 Å². The highest BCUT2D eigenvalue weighted by Crippen LogP contribution is 2.24. The minimum absolute atomic E-state index is 0.591. The first-order chi connectivity index (χ1) is 7.02. The van der Waals surface area contributed by atoms with Crippen LogP contribution in [0.3, 0.4) is 0 Å². The summed E-state index contributed by atoms with van der Waals surface area (Å²) in [6.45, 7) is 5.54. The average molecular weight is 213 g/mol. The Hall–Kier alpha value is -1.06. The fourth-order valence-corrected chi connectivity index (χ4v) is 2.13. The molecule has 0 aromatic heterocycles. The Morgan fingerprint density at radius 3 is 2.47 bits per heavy atom. The molecule has 1 heterocycles. The van der Waals surface area contributed by atoms with Crippen molar-refractivity contribution >= 4 is 11.9 Å². The summed E-state index contributed by atoms with van der Waals surface area (Å²) >= 11 is 0. The summed E-state index contributed by atoms with van der Waals surface area (Å²) in [6.07, 6.45) is 2.94. The topological polar surface area (TPSA) is 57.6 Å². The molecule has 1 unspecified atom stereocenters. The van der Waals surface area contributed by atoms with Crippen molar-refractivity contribution in [2.45, 2.75) is 33.1 Å². The first kappa shape index (κ1) is 12.0. The second kappa shape index (κ2) is 5.14. The Labute approximate surface area is 90.3 Å². The van der Waals surface area contributed by atoms with Crippen molar-refractivity contribution in [2.75, 3.05) is 13.1 Å². The summed E-state index contributed by atoms with van der Waals surface area (Å²) in [4.78, 5) is 23.3. The van der Waals surface area contributed by atoms with Gasteiger partial charge >= 0.3 is 11.9 Å². The molecule has 0 bridgehead atoms. The molecule has 15 heavy (non-hydrogen) atoms. The molecule has 1 aliphatic rings. The summed E-state index contributed by atoms with van der Waals surface area (Å²) in [7, 11) is 0. The Kier molecular flexibility index (Phi) is 4.12. The van der Waals surface area contributed by atoms with Gasteiger partial charge in [0.25, 0.3) is 0 Å². The lowest BCUT2D eigenvalue weighted by Gasteiger charge is -2.19. The molecular formula is C11H19NO3. The lowest BCUT2D eigenvalue weighted by Crippen LogP contribution is -2.37. The largest absolute Gasteiger partial charge is 0.474 e. The van der Waals surface area contributed by atoms with Crippen LogP contribution in [-0.2, 0) is 9.59 Å². The fraction of sp³-hybridized carbons (Fsp3) is 0.818. The highest BCUT2D eigenvalue weighted by molar-refractivity contribution is 6.31. The predicted molar refractivity (Wildman–Crippen MR) is 56.4 cm³/mol. The molecule has 1 aliphatic heterocycles. The van der Waals surface area contributed by atoms with Crippen molar-refractivity contribution < 1.29 is 14.7 Å². The smallest absolute Gasteiger partial charge is 0.394 e. The maximum absolute atomic E-state index is 11.3. The number of carboxylic acids is 1. The van der Waals surface area contributed by atoms with Crippen molar-refractivity contribution in [1.82, 2.24) is 4.90 Å². The van der Waals surface area contributed by atoms with Crippen LogP contribution in [-0.4, -0.2) is 35.0 Å². The van der Waals surface area contributed by atoms with Gasteiger partial charge in [-0.3, -0.25) is 4.79 Å². The van der Waals surface area contributed by atoms with Crippen LogP contribution in [0.4, 0.5) is 0 Å². The lowest BCUT2D eigenvalue weighted by atomic mass is 9.89. The third-order valence-electron chi connectivity index (χ3n) is 3.19. The molecule has 0 radical (unpaired) electrons. The van der Waals surface area contributed by atoms with E-state index < -0.39 is 11.9 Å². The molecule has 1 amide bonds. The Morgan fingerprint density at radius 1 is 1.27 bits per heavy atom. The van der Waals surface area contributed by atoms with Crippen molar-refractivity contribution in [3.8, 4) is 0 Å². The quantitative estimate of drug-likeness (QED) is 0.669. The standard InChI is InChI=1S/C11H19NO3/c1-8(2)9-4-3-6-12(7-5-9)10(13)11(14)15/h8-9H,3-7H2,1-2H3,(H,14,15). The number of hydrogen-bond acceptors (Lipinski definition) is 2. The highest BCUT2D eigenvalue weighted by Gasteiger charge is 2.25. The van der Waals surface area contributed by atoms with Gasteiger partial charge in [-0.05, 0) is 31.1 Å². The van der Waals surface area contributed by atoms with E-state index in [0.29, 0.717) is 24.9 Å². The molecule has 0 aromatic rings. The SMILES string of the molecule is CC(C)C1CCCN(C(=O)C(=O)O)CC1. The third kappa shape index (κ3) is 3.22. The number of amides is 1. The first-order valence-corrected chi connectivity index (χ1v) is 5.54.